The number of halogens is 1. The Bertz CT molecular complexity index is 862. The van der Waals surface area contributed by atoms with Gasteiger partial charge in [-0.15, -0.1) is 0 Å². The SMILES string of the molecule is CC.Clc1cc(SN2CCCCC2)cc(Nc2cc(-c3ccccc3)[nH]n2)n1. The first kappa shape index (κ1) is 20.7. The standard InChI is InChI=1S/C19H20ClN5S.C2H6/c20-17-11-15(26-25-9-5-2-6-10-25)12-18(21-17)22-19-13-16(23-24-19)14-7-3-1-4-8-14;1-2/h1,3-4,7-8,11-13H,2,5-6,9-10H2,(H2,21,22,23,24);1-2H3. The summed E-state index contributed by atoms with van der Waals surface area (Å²) < 4.78 is 2.39. The lowest BCUT2D eigenvalue weighted by Crippen LogP contribution is -2.22. The van der Waals surface area contributed by atoms with E-state index in [0.29, 0.717) is 16.8 Å². The zero-order valence-corrected chi connectivity index (χ0v) is 17.9. The van der Waals surface area contributed by atoms with Gasteiger partial charge in [0.2, 0.25) is 0 Å². The Balaban J connectivity index is 0.00000109. The van der Waals surface area contributed by atoms with Crippen LogP contribution < -0.4 is 5.32 Å². The smallest absolute Gasteiger partial charge is 0.153 e. The highest BCUT2D eigenvalue weighted by atomic mass is 35.5. The van der Waals surface area contributed by atoms with Gasteiger partial charge in [0.1, 0.15) is 11.0 Å². The lowest BCUT2D eigenvalue weighted by molar-refractivity contribution is 0.380. The molecule has 1 fully saturated rings. The van der Waals surface area contributed by atoms with Gasteiger partial charge in [-0.05, 0) is 42.5 Å². The second-order valence-corrected chi connectivity index (χ2v) is 7.81. The molecule has 0 atom stereocenters. The van der Waals surface area contributed by atoms with Crippen molar-refractivity contribution in [2.75, 3.05) is 18.4 Å². The maximum Gasteiger partial charge on any atom is 0.153 e. The van der Waals surface area contributed by atoms with E-state index in [1.807, 2.05) is 62.4 Å². The van der Waals surface area contributed by atoms with E-state index in [1.165, 1.54) is 19.3 Å². The van der Waals surface area contributed by atoms with Gasteiger partial charge in [0.25, 0.3) is 0 Å². The van der Waals surface area contributed by atoms with Gasteiger partial charge in [0.05, 0.1) is 5.69 Å². The molecule has 0 unspecified atom stereocenters. The highest BCUT2D eigenvalue weighted by molar-refractivity contribution is 7.97. The van der Waals surface area contributed by atoms with Gasteiger partial charge in [0, 0.05) is 24.1 Å². The van der Waals surface area contributed by atoms with E-state index < -0.39 is 0 Å². The molecule has 7 heteroatoms. The van der Waals surface area contributed by atoms with Crippen molar-refractivity contribution in [3.05, 3.63) is 53.7 Å². The highest BCUT2D eigenvalue weighted by Gasteiger charge is 2.13. The largest absolute Gasteiger partial charge is 0.323 e. The van der Waals surface area contributed by atoms with Gasteiger partial charge >= 0.3 is 0 Å². The molecule has 3 heterocycles. The van der Waals surface area contributed by atoms with E-state index in [2.05, 4.69) is 24.8 Å². The number of nitrogens with zero attached hydrogens (tertiary/aromatic N) is 3. The van der Waals surface area contributed by atoms with Crippen LogP contribution in [-0.2, 0) is 0 Å². The number of piperidine rings is 1. The van der Waals surface area contributed by atoms with Crippen molar-refractivity contribution < 1.29 is 0 Å². The topological polar surface area (TPSA) is 56.8 Å². The molecule has 0 aliphatic carbocycles. The van der Waals surface area contributed by atoms with E-state index in [0.717, 1.165) is 29.2 Å². The third kappa shape index (κ3) is 5.74. The molecule has 5 nitrogen and oxygen atoms in total. The molecule has 4 rings (SSSR count). The van der Waals surface area contributed by atoms with Gasteiger partial charge in [-0.1, -0.05) is 62.2 Å². The van der Waals surface area contributed by atoms with E-state index in [-0.39, 0.29) is 0 Å². The average molecular weight is 416 g/mol. The summed E-state index contributed by atoms with van der Waals surface area (Å²) in [5, 5.41) is 11.1. The van der Waals surface area contributed by atoms with Crippen LogP contribution in [0.5, 0.6) is 0 Å². The first-order valence-corrected chi connectivity index (χ1v) is 10.9. The number of hydrogen-bond donors (Lipinski definition) is 2. The predicted octanol–water partition coefficient (Wildman–Crippen LogP) is 6.39. The Morgan fingerprint density at radius 2 is 1.75 bits per heavy atom. The van der Waals surface area contributed by atoms with Crippen LogP contribution in [0, 0.1) is 0 Å². The Hall–Kier alpha value is -2.02. The molecule has 0 amide bonds. The first-order valence-electron chi connectivity index (χ1n) is 9.75. The number of hydrogen-bond acceptors (Lipinski definition) is 5. The molecule has 28 heavy (non-hydrogen) atoms. The van der Waals surface area contributed by atoms with Crippen LogP contribution in [0.4, 0.5) is 11.6 Å². The van der Waals surface area contributed by atoms with E-state index in [9.17, 15) is 0 Å². The third-order valence-electron chi connectivity index (χ3n) is 4.24. The number of aromatic amines is 1. The summed E-state index contributed by atoms with van der Waals surface area (Å²) in [6, 6.07) is 16.0. The van der Waals surface area contributed by atoms with E-state index in [1.54, 1.807) is 11.9 Å². The van der Waals surface area contributed by atoms with Gasteiger partial charge in [0.15, 0.2) is 5.82 Å². The third-order valence-corrected chi connectivity index (χ3v) is 5.50. The normalized spacial score (nSPS) is 14.2. The molecule has 0 spiro atoms. The maximum atomic E-state index is 6.22. The van der Waals surface area contributed by atoms with Gasteiger partial charge in [-0.25, -0.2) is 9.29 Å². The summed E-state index contributed by atoms with van der Waals surface area (Å²) in [6.45, 7) is 6.24. The minimum atomic E-state index is 0.480. The molecule has 1 aliphatic rings. The number of pyridine rings is 1. The zero-order chi connectivity index (χ0) is 19.8. The van der Waals surface area contributed by atoms with Crippen LogP contribution in [0.1, 0.15) is 33.1 Å². The van der Waals surface area contributed by atoms with Crippen molar-refractivity contribution in [3.63, 3.8) is 0 Å². The van der Waals surface area contributed by atoms with Gasteiger partial charge < -0.3 is 5.32 Å². The summed E-state index contributed by atoms with van der Waals surface area (Å²) in [5.74, 6) is 1.41. The summed E-state index contributed by atoms with van der Waals surface area (Å²) in [5.41, 5.74) is 2.05. The summed E-state index contributed by atoms with van der Waals surface area (Å²) in [6.07, 6.45) is 3.84. The second kappa shape index (κ2) is 10.5. The fraction of sp³-hybridized carbons (Fsp3) is 0.333. The number of benzene rings is 1. The van der Waals surface area contributed by atoms with Crippen molar-refractivity contribution in [1.82, 2.24) is 19.5 Å². The van der Waals surface area contributed by atoms with E-state index in [4.69, 9.17) is 11.6 Å². The summed E-state index contributed by atoms with van der Waals surface area (Å²) >= 11 is 7.97. The van der Waals surface area contributed by atoms with Crippen molar-refractivity contribution in [1.29, 1.82) is 0 Å². The van der Waals surface area contributed by atoms with E-state index >= 15 is 0 Å². The quantitative estimate of drug-likeness (QED) is 0.373. The van der Waals surface area contributed by atoms with Crippen LogP contribution in [0.2, 0.25) is 5.15 Å². The van der Waals surface area contributed by atoms with Crippen molar-refractivity contribution >= 4 is 35.2 Å². The molecule has 1 aliphatic heterocycles. The molecule has 148 valence electrons. The van der Waals surface area contributed by atoms with Crippen LogP contribution in [0.25, 0.3) is 11.3 Å². The van der Waals surface area contributed by atoms with Crippen LogP contribution >= 0.6 is 23.5 Å². The predicted molar refractivity (Wildman–Crippen MR) is 119 cm³/mol. The van der Waals surface area contributed by atoms with Crippen molar-refractivity contribution in [2.24, 2.45) is 0 Å². The van der Waals surface area contributed by atoms with Gasteiger partial charge in [-0.2, -0.15) is 5.10 Å². The van der Waals surface area contributed by atoms with Crippen LogP contribution in [-0.4, -0.2) is 32.6 Å². The Kier molecular flexibility index (Phi) is 7.77. The van der Waals surface area contributed by atoms with Crippen molar-refractivity contribution in [2.45, 2.75) is 38.0 Å². The minimum Gasteiger partial charge on any atom is -0.323 e. The Morgan fingerprint density at radius 1 is 1.00 bits per heavy atom. The number of nitrogens with one attached hydrogen (secondary N) is 2. The molecule has 0 saturated carbocycles. The zero-order valence-electron chi connectivity index (χ0n) is 16.3. The molecular formula is C21H26ClN5S. The van der Waals surface area contributed by atoms with Crippen LogP contribution in [0.3, 0.4) is 0 Å². The molecule has 1 aromatic carbocycles. The number of anilines is 2. The summed E-state index contributed by atoms with van der Waals surface area (Å²) in [4.78, 5) is 5.46. The monoisotopic (exact) mass is 415 g/mol. The fourth-order valence-corrected chi connectivity index (χ4v) is 4.32. The average Bonchev–Trinajstić information content (AvgIpc) is 3.19. The lowest BCUT2D eigenvalue weighted by Gasteiger charge is -2.25. The Morgan fingerprint density at radius 3 is 2.50 bits per heavy atom. The molecule has 3 aromatic rings. The first-order chi connectivity index (χ1) is 13.8. The highest BCUT2D eigenvalue weighted by Crippen LogP contribution is 2.30. The molecule has 0 radical (unpaired) electrons. The van der Waals surface area contributed by atoms with Crippen molar-refractivity contribution in [3.8, 4) is 11.3 Å². The Labute approximate surface area is 176 Å². The number of rotatable bonds is 5. The molecule has 2 aromatic heterocycles. The molecule has 1 saturated heterocycles. The maximum absolute atomic E-state index is 6.22. The lowest BCUT2D eigenvalue weighted by atomic mass is 10.2. The van der Waals surface area contributed by atoms with Crippen LogP contribution in [0.15, 0.2) is 53.4 Å². The van der Waals surface area contributed by atoms with Gasteiger partial charge in [-0.3, -0.25) is 5.10 Å². The molecule has 0 bridgehead atoms. The molecule has 2 N–H and O–H groups in total. The minimum absolute atomic E-state index is 0.480. The number of aromatic nitrogens is 3. The number of H-pyrrole nitrogens is 1. The molecular weight excluding hydrogens is 390 g/mol. The fourth-order valence-electron chi connectivity index (χ4n) is 2.98. The summed E-state index contributed by atoms with van der Waals surface area (Å²) in [7, 11) is 0. The second-order valence-electron chi connectivity index (χ2n) is 6.25.